The zero-order chi connectivity index (χ0) is 14.0. The van der Waals surface area contributed by atoms with E-state index in [1.54, 1.807) is 18.6 Å². The maximum atomic E-state index is 12.5. The Bertz CT molecular complexity index is 656. The van der Waals surface area contributed by atoms with Gasteiger partial charge < -0.3 is 0 Å². The highest BCUT2D eigenvalue weighted by Gasteiger charge is 2.31. The molecule has 1 fully saturated rings. The van der Waals surface area contributed by atoms with Crippen LogP contribution >= 0.6 is 0 Å². The van der Waals surface area contributed by atoms with Crippen LogP contribution in [0.5, 0.6) is 0 Å². The second-order valence-corrected chi connectivity index (χ2v) is 6.70. The van der Waals surface area contributed by atoms with Crippen molar-refractivity contribution in [3.8, 4) is 0 Å². The first-order valence-corrected chi connectivity index (χ1v) is 7.87. The molecule has 1 saturated heterocycles. The Morgan fingerprint density at radius 1 is 1.30 bits per heavy atom. The Morgan fingerprint density at radius 2 is 2.20 bits per heavy atom. The fourth-order valence-corrected chi connectivity index (χ4v) is 3.88. The first-order valence-electron chi connectivity index (χ1n) is 6.43. The van der Waals surface area contributed by atoms with Crippen LogP contribution in [0, 0.1) is 0 Å². The molecule has 0 aliphatic carbocycles. The highest BCUT2D eigenvalue weighted by Crippen LogP contribution is 2.28. The van der Waals surface area contributed by atoms with Gasteiger partial charge in [-0.15, -0.1) is 0 Å². The third-order valence-corrected chi connectivity index (χ3v) is 5.33. The van der Waals surface area contributed by atoms with Gasteiger partial charge in [0.1, 0.15) is 4.90 Å². The molecule has 8 heteroatoms. The van der Waals surface area contributed by atoms with Gasteiger partial charge >= 0.3 is 0 Å². The number of piperidine rings is 1. The van der Waals surface area contributed by atoms with E-state index in [0.29, 0.717) is 13.1 Å². The molecule has 1 aliphatic heterocycles. The first kappa shape index (κ1) is 13.2. The van der Waals surface area contributed by atoms with Crippen molar-refractivity contribution < 1.29 is 8.42 Å². The zero-order valence-electron chi connectivity index (χ0n) is 10.8. The lowest BCUT2D eigenvalue weighted by Gasteiger charge is -2.31. The number of nitrogens with zero attached hydrogens (tertiary/aromatic N) is 4. The van der Waals surface area contributed by atoms with E-state index in [-0.39, 0.29) is 10.8 Å². The lowest BCUT2D eigenvalue weighted by molar-refractivity contribution is 0.312. The van der Waals surface area contributed by atoms with Crippen molar-refractivity contribution in [2.75, 3.05) is 13.1 Å². The number of aromatic nitrogens is 4. The fourth-order valence-electron chi connectivity index (χ4n) is 2.45. The summed E-state index contributed by atoms with van der Waals surface area (Å²) in [7, 11) is -3.47. The van der Waals surface area contributed by atoms with E-state index < -0.39 is 10.0 Å². The van der Waals surface area contributed by atoms with E-state index in [0.717, 1.165) is 18.5 Å². The topological polar surface area (TPSA) is 91.8 Å². The summed E-state index contributed by atoms with van der Waals surface area (Å²) in [6.45, 7) is 0.969. The molecule has 2 aromatic rings. The first-order chi connectivity index (χ1) is 9.68. The smallest absolute Gasteiger partial charge is 0.246 e. The van der Waals surface area contributed by atoms with Gasteiger partial charge in [-0.1, -0.05) is 0 Å². The molecule has 7 nitrogen and oxygen atoms in total. The highest BCUT2D eigenvalue weighted by atomic mass is 32.2. The van der Waals surface area contributed by atoms with Gasteiger partial charge in [0.25, 0.3) is 0 Å². The van der Waals surface area contributed by atoms with E-state index in [2.05, 4.69) is 20.2 Å². The van der Waals surface area contributed by atoms with Crippen molar-refractivity contribution in [3.63, 3.8) is 0 Å². The molecule has 106 valence electrons. The minimum Gasteiger partial charge on any atom is -0.284 e. The minimum absolute atomic E-state index is 0.0964. The molecule has 0 saturated carbocycles. The van der Waals surface area contributed by atoms with Crippen molar-refractivity contribution in [2.24, 2.45) is 0 Å². The van der Waals surface area contributed by atoms with Gasteiger partial charge in [0.2, 0.25) is 10.0 Å². The lowest BCUT2D eigenvalue weighted by atomic mass is 9.96. The van der Waals surface area contributed by atoms with Crippen LogP contribution in [-0.2, 0) is 10.0 Å². The van der Waals surface area contributed by atoms with Crippen LogP contribution in [0.15, 0.2) is 35.9 Å². The molecule has 1 N–H and O–H groups in total. The van der Waals surface area contributed by atoms with E-state index in [4.69, 9.17) is 0 Å². The Balaban J connectivity index is 1.83. The van der Waals surface area contributed by atoms with E-state index in [1.165, 1.54) is 16.7 Å². The van der Waals surface area contributed by atoms with E-state index >= 15 is 0 Å². The summed E-state index contributed by atoms with van der Waals surface area (Å²) < 4.78 is 26.4. The lowest BCUT2D eigenvalue weighted by Crippen LogP contribution is -2.39. The third-order valence-electron chi connectivity index (χ3n) is 3.50. The molecular weight excluding hydrogens is 278 g/mol. The quantitative estimate of drug-likeness (QED) is 0.902. The highest BCUT2D eigenvalue weighted by molar-refractivity contribution is 7.89. The summed E-state index contributed by atoms with van der Waals surface area (Å²) in [5.74, 6) is 0.0964. The maximum absolute atomic E-state index is 12.5. The standard InChI is InChI=1S/C12H15N5O2S/c18-20(19,11-6-15-16-7-11)17-5-1-2-10(9-17)12-8-13-3-4-14-12/h3-4,6-8,10H,1-2,5,9H2,(H,15,16)/t10-/m0/s1. The third kappa shape index (κ3) is 2.44. The number of hydrogen-bond donors (Lipinski definition) is 1. The summed E-state index contributed by atoms with van der Waals surface area (Å²) in [6.07, 6.45) is 9.45. The molecule has 0 unspecified atom stereocenters. The molecule has 0 amide bonds. The second-order valence-electron chi connectivity index (χ2n) is 4.77. The van der Waals surface area contributed by atoms with Gasteiger partial charge in [-0.05, 0) is 12.8 Å². The molecule has 2 aromatic heterocycles. The van der Waals surface area contributed by atoms with E-state index in [9.17, 15) is 8.42 Å². The Kier molecular flexibility index (Phi) is 3.49. The fraction of sp³-hybridized carbons (Fsp3) is 0.417. The van der Waals surface area contributed by atoms with Crippen molar-refractivity contribution >= 4 is 10.0 Å². The van der Waals surface area contributed by atoms with Crippen molar-refractivity contribution in [1.29, 1.82) is 0 Å². The predicted molar refractivity (Wildman–Crippen MR) is 71.4 cm³/mol. The molecule has 1 atom stereocenters. The van der Waals surface area contributed by atoms with Gasteiger partial charge in [-0.25, -0.2) is 8.42 Å². The summed E-state index contributed by atoms with van der Waals surface area (Å²) in [5.41, 5.74) is 0.847. The monoisotopic (exact) mass is 293 g/mol. The molecule has 1 aliphatic rings. The van der Waals surface area contributed by atoms with Crippen LogP contribution in [-0.4, -0.2) is 46.0 Å². The average Bonchev–Trinajstić information content (AvgIpc) is 3.03. The minimum atomic E-state index is -3.47. The number of rotatable bonds is 3. The van der Waals surface area contributed by atoms with Crippen molar-refractivity contribution in [1.82, 2.24) is 24.5 Å². The Morgan fingerprint density at radius 3 is 2.90 bits per heavy atom. The molecule has 3 rings (SSSR count). The van der Waals surface area contributed by atoms with Gasteiger partial charge in [0.15, 0.2) is 0 Å². The molecule has 20 heavy (non-hydrogen) atoms. The average molecular weight is 293 g/mol. The van der Waals surface area contributed by atoms with Gasteiger partial charge in [-0.2, -0.15) is 9.40 Å². The van der Waals surface area contributed by atoms with Crippen LogP contribution < -0.4 is 0 Å². The molecule has 0 radical (unpaired) electrons. The molecule has 0 aromatic carbocycles. The normalized spacial score (nSPS) is 20.9. The Labute approximate surface area is 117 Å². The van der Waals surface area contributed by atoms with Crippen LogP contribution in [0.4, 0.5) is 0 Å². The zero-order valence-corrected chi connectivity index (χ0v) is 11.6. The maximum Gasteiger partial charge on any atom is 0.246 e. The summed E-state index contributed by atoms with van der Waals surface area (Å²) in [6, 6.07) is 0. The number of aromatic amines is 1. The van der Waals surface area contributed by atoms with Crippen LogP contribution in [0.3, 0.4) is 0 Å². The molecule has 0 spiro atoms. The van der Waals surface area contributed by atoms with Gasteiger partial charge in [-0.3, -0.25) is 15.1 Å². The van der Waals surface area contributed by atoms with Crippen LogP contribution in [0.2, 0.25) is 0 Å². The predicted octanol–water partition coefficient (Wildman–Crippen LogP) is 0.768. The number of H-pyrrole nitrogens is 1. The summed E-state index contributed by atoms with van der Waals surface area (Å²) >= 11 is 0. The van der Waals surface area contributed by atoms with Crippen LogP contribution in [0.25, 0.3) is 0 Å². The van der Waals surface area contributed by atoms with Crippen molar-refractivity contribution in [3.05, 3.63) is 36.7 Å². The molecular formula is C12H15N5O2S. The molecule has 3 heterocycles. The summed E-state index contributed by atoms with van der Waals surface area (Å²) in [5, 5.41) is 6.25. The molecule has 0 bridgehead atoms. The second kappa shape index (κ2) is 5.29. The van der Waals surface area contributed by atoms with Crippen molar-refractivity contribution in [2.45, 2.75) is 23.7 Å². The Hall–Kier alpha value is -1.80. The SMILES string of the molecule is O=S(=O)(c1cn[nH]c1)N1CCC[C@H](c2cnccn2)C1. The van der Waals surface area contributed by atoms with Gasteiger partial charge in [0.05, 0.1) is 11.9 Å². The summed E-state index contributed by atoms with van der Waals surface area (Å²) in [4.78, 5) is 8.54. The number of sulfonamides is 1. The number of nitrogens with one attached hydrogen (secondary N) is 1. The van der Waals surface area contributed by atoms with Gasteiger partial charge in [0, 0.05) is 43.8 Å². The van der Waals surface area contributed by atoms with E-state index in [1.807, 2.05) is 0 Å². The van der Waals surface area contributed by atoms with Crippen LogP contribution in [0.1, 0.15) is 24.5 Å². The largest absolute Gasteiger partial charge is 0.284 e. The number of hydrogen-bond acceptors (Lipinski definition) is 5.